The average molecular weight is 303 g/mol. The Morgan fingerprint density at radius 1 is 1.41 bits per heavy atom. The van der Waals surface area contributed by atoms with E-state index in [1.807, 2.05) is 0 Å². The van der Waals surface area contributed by atoms with E-state index in [1.54, 1.807) is 0 Å². The van der Waals surface area contributed by atoms with Crippen molar-refractivity contribution in [1.82, 2.24) is 0 Å². The first-order valence-corrected chi connectivity index (χ1v) is 5.82. The average Bonchev–Trinajstić information content (AvgIpc) is 2.30. The molecular weight excluding hydrogens is 291 g/mol. The van der Waals surface area contributed by atoms with Crippen molar-refractivity contribution in [1.29, 1.82) is 0 Å². The van der Waals surface area contributed by atoms with Crippen LogP contribution < -0.4 is 0 Å². The highest BCUT2D eigenvalue weighted by Gasteiger charge is 2.13. The number of rotatable bonds is 6. The zero-order chi connectivity index (χ0) is 12.8. The van der Waals surface area contributed by atoms with Crippen LogP contribution in [0.4, 0.5) is 4.39 Å². The minimum atomic E-state index is -0.438. The topological polar surface area (TPSA) is 43.4 Å². The summed E-state index contributed by atoms with van der Waals surface area (Å²) in [5, 5.41) is 0. The number of hydrogen-bond donors (Lipinski definition) is 0. The van der Waals surface area contributed by atoms with E-state index < -0.39 is 5.82 Å². The Morgan fingerprint density at radius 3 is 2.71 bits per heavy atom. The van der Waals surface area contributed by atoms with Crippen molar-refractivity contribution in [3.05, 3.63) is 34.1 Å². The molecule has 0 bridgehead atoms. The quantitative estimate of drug-likeness (QED) is 0.599. The third-order valence-electron chi connectivity index (χ3n) is 2.18. The van der Waals surface area contributed by atoms with Crippen LogP contribution in [0, 0.1) is 5.82 Å². The van der Waals surface area contributed by atoms with E-state index in [-0.39, 0.29) is 28.9 Å². The van der Waals surface area contributed by atoms with E-state index >= 15 is 0 Å². The fourth-order valence-corrected chi connectivity index (χ4v) is 1.63. The van der Waals surface area contributed by atoms with E-state index in [1.165, 1.54) is 25.3 Å². The molecule has 17 heavy (non-hydrogen) atoms. The molecule has 0 heterocycles. The molecule has 1 rings (SSSR count). The number of hydrogen-bond acceptors (Lipinski definition) is 3. The summed E-state index contributed by atoms with van der Waals surface area (Å²) in [5.41, 5.74) is 0.323. The number of methoxy groups -OCH3 is 1. The summed E-state index contributed by atoms with van der Waals surface area (Å²) >= 11 is 2.99. The van der Waals surface area contributed by atoms with Crippen LogP contribution in [-0.2, 0) is 9.53 Å². The molecule has 0 atom stereocenters. The largest absolute Gasteiger partial charge is 0.384 e. The van der Waals surface area contributed by atoms with Crippen LogP contribution in [0.25, 0.3) is 0 Å². The summed E-state index contributed by atoms with van der Waals surface area (Å²) in [6.45, 7) is 0.305. The lowest BCUT2D eigenvalue weighted by Gasteiger charge is -2.02. The van der Waals surface area contributed by atoms with Crippen molar-refractivity contribution in [3.63, 3.8) is 0 Å². The standard InChI is InChI=1S/C12H12BrFO3/c1-17-5-4-9(15)7-12(16)8-2-3-11(14)10(13)6-8/h2-3,6H,4-5,7H2,1H3. The lowest BCUT2D eigenvalue weighted by molar-refractivity contribution is -0.119. The van der Waals surface area contributed by atoms with Crippen LogP contribution in [0.2, 0.25) is 0 Å². The highest BCUT2D eigenvalue weighted by atomic mass is 79.9. The van der Waals surface area contributed by atoms with Gasteiger partial charge in [-0.1, -0.05) is 0 Å². The van der Waals surface area contributed by atoms with Crippen LogP contribution in [0.3, 0.4) is 0 Å². The number of ketones is 2. The van der Waals surface area contributed by atoms with Gasteiger partial charge in [0, 0.05) is 19.1 Å². The first-order valence-electron chi connectivity index (χ1n) is 5.03. The molecule has 0 spiro atoms. The molecule has 0 radical (unpaired) electrons. The zero-order valence-electron chi connectivity index (χ0n) is 9.33. The van der Waals surface area contributed by atoms with E-state index in [0.717, 1.165) is 0 Å². The smallest absolute Gasteiger partial charge is 0.170 e. The van der Waals surface area contributed by atoms with Gasteiger partial charge in [-0.05, 0) is 34.1 Å². The monoisotopic (exact) mass is 302 g/mol. The SMILES string of the molecule is COCCC(=O)CC(=O)c1ccc(F)c(Br)c1. The normalized spacial score (nSPS) is 10.3. The number of carbonyl (C=O) groups is 2. The Hall–Kier alpha value is -1.07. The summed E-state index contributed by atoms with van der Waals surface area (Å²) in [6, 6.07) is 3.93. The molecule has 0 N–H and O–H groups in total. The first-order chi connectivity index (χ1) is 8.04. The van der Waals surface area contributed by atoms with Crippen LogP contribution in [0.1, 0.15) is 23.2 Å². The van der Waals surface area contributed by atoms with E-state index in [2.05, 4.69) is 15.9 Å². The predicted molar refractivity (Wildman–Crippen MR) is 64.5 cm³/mol. The van der Waals surface area contributed by atoms with Crippen molar-refractivity contribution >= 4 is 27.5 Å². The van der Waals surface area contributed by atoms with Gasteiger partial charge in [-0.2, -0.15) is 0 Å². The van der Waals surface area contributed by atoms with Crippen molar-refractivity contribution in [2.45, 2.75) is 12.8 Å². The van der Waals surface area contributed by atoms with Gasteiger partial charge in [-0.15, -0.1) is 0 Å². The van der Waals surface area contributed by atoms with Gasteiger partial charge in [0.15, 0.2) is 5.78 Å². The predicted octanol–water partition coefficient (Wildman–Crippen LogP) is 2.77. The fourth-order valence-electron chi connectivity index (χ4n) is 1.26. The Bertz CT molecular complexity index is 432. The maximum absolute atomic E-state index is 12.9. The van der Waals surface area contributed by atoms with Crippen LogP contribution in [0.15, 0.2) is 22.7 Å². The minimum absolute atomic E-state index is 0.179. The number of carbonyl (C=O) groups excluding carboxylic acids is 2. The number of Topliss-reactive ketones (excluding diaryl/α,β-unsaturated/α-hetero) is 2. The third kappa shape index (κ3) is 4.36. The van der Waals surface area contributed by atoms with Crippen LogP contribution in [-0.4, -0.2) is 25.3 Å². The van der Waals surface area contributed by atoms with Crippen molar-refractivity contribution in [3.8, 4) is 0 Å². The van der Waals surface area contributed by atoms with Gasteiger partial charge in [0.1, 0.15) is 11.6 Å². The third-order valence-corrected chi connectivity index (χ3v) is 2.79. The molecular formula is C12H12BrFO3. The van der Waals surface area contributed by atoms with Gasteiger partial charge < -0.3 is 4.74 Å². The first kappa shape index (κ1) is 14.0. The van der Waals surface area contributed by atoms with Crippen LogP contribution in [0.5, 0.6) is 0 Å². The summed E-state index contributed by atoms with van der Waals surface area (Å²) in [5.74, 6) is -0.934. The van der Waals surface area contributed by atoms with E-state index in [9.17, 15) is 14.0 Å². The molecule has 0 fully saturated rings. The van der Waals surface area contributed by atoms with Gasteiger partial charge in [-0.3, -0.25) is 9.59 Å². The summed E-state index contributed by atoms with van der Waals surface area (Å²) in [4.78, 5) is 23.0. The molecule has 5 heteroatoms. The zero-order valence-corrected chi connectivity index (χ0v) is 10.9. The maximum atomic E-state index is 12.9. The van der Waals surface area contributed by atoms with Crippen LogP contribution >= 0.6 is 15.9 Å². The molecule has 3 nitrogen and oxygen atoms in total. The fraction of sp³-hybridized carbons (Fsp3) is 0.333. The molecule has 0 amide bonds. The molecule has 92 valence electrons. The van der Waals surface area contributed by atoms with Crippen molar-refractivity contribution < 1.29 is 18.7 Å². The summed E-state index contributed by atoms with van der Waals surface area (Å²) in [6.07, 6.45) is 0.0338. The molecule has 1 aromatic rings. The molecule has 1 aromatic carbocycles. The molecule has 0 aliphatic carbocycles. The Balaban J connectivity index is 2.63. The van der Waals surface area contributed by atoms with Gasteiger partial charge in [0.2, 0.25) is 0 Å². The van der Waals surface area contributed by atoms with E-state index in [0.29, 0.717) is 12.2 Å². The second-order valence-electron chi connectivity index (χ2n) is 3.51. The Kier molecular flexibility index (Phi) is 5.44. The van der Waals surface area contributed by atoms with Gasteiger partial charge in [0.05, 0.1) is 17.5 Å². The number of ether oxygens (including phenoxy) is 1. The van der Waals surface area contributed by atoms with E-state index in [4.69, 9.17) is 4.74 Å². The number of benzene rings is 1. The second-order valence-corrected chi connectivity index (χ2v) is 4.36. The summed E-state index contributed by atoms with van der Waals surface area (Å²) < 4.78 is 17.9. The summed E-state index contributed by atoms with van der Waals surface area (Å²) in [7, 11) is 1.49. The van der Waals surface area contributed by atoms with Gasteiger partial charge in [0.25, 0.3) is 0 Å². The second kappa shape index (κ2) is 6.61. The molecule has 0 saturated carbocycles. The molecule has 0 saturated heterocycles. The van der Waals surface area contributed by atoms with Crippen molar-refractivity contribution in [2.75, 3.05) is 13.7 Å². The molecule has 0 aliphatic rings. The van der Waals surface area contributed by atoms with Gasteiger partial charge in [-0.25, -0.2) is 4.39 Å². The molecule has 0 unspecified atom stereocenters. The Labute approximate surface area is 107 Å². The lowest BCUT2D eigenvalue weighted by atomic mass is 10.0. The number of halogens is 2. The highest BCUT2D eigenvalue weighted by molar-refractivity contribution is 9.10. The highest BCUT2D eigenvalue weighted by Crippen LogP contribution is 2.18. The minimum Gasteiger partial charge on any atom is -0.384 e. The van der Waals surface area contributed by atoms with Crippen molar-refractivity contribution in [2.24, 2.45) is 0 Å². The Morgan fingerprint density at radius 2 is 2.12 bits per heavy atom. The maximum Gasteiger partial charge on any atom is 0.170 e. The molecule has 0 aliphatic heterocycles. The molecule has 0 aromatic heterocycles. The van der Waals surface area contributed by atoms with Gasteiger partial charge >= 0.3 is 0 Å². The lowest BCUT2D eigenvalue weighted by Crippen LogP contribution is -2.10.